The van der Waals surface area contributed by atoms with Gasteiger partial charge in [-0.25, -0.2) is 0 Å². The number of anilines is 1. The van der Waals surface area contributed by atoms with Crippen LogP contribution in [0.1, 0.15) is 5.56 Å². The van der Waals surface area contributed by atoms with Gasteiger partial charge in [0.05, 0.1) is 24.2 Å². The van der Waals surface area contributed by atoms with Crippen molar-refractivity contribution in [2.75, 3.05) is 30.5 Å². The van der Waals surface area contributed by atoms with Gasteiger partial charge in [0.2, 0.25) is 11.8 Å². The van der Waals surface area contributed by atoms with Crippen LogP contribution in [0, 0.1) is 0 Å². The highest BCUT2D eigenvalue weighted by atomic mass is 32.2. The van der Waals surface area contributed by atoms with E-state index >= 15 is 0 Å². The Balaban J connectivity index is 1.63. The van der Waals surface area contributed by atoms with Gasteiger partial charge in [-0.15, -0.1) is 11.8 Å². The summed E-state index contributed by atoms with van der Waals surface area (Å²) in [5, 5.41) is 2.66. The predicted molar refractivity (Wildman–Crippen MR) is 112 cm³/mol. The number of carbonyl (C=O) groups is 3. The lowest BCUT2D eigenvalue weighted by molar-refractivity contribution is -0.137. The zero-order chi connectivity index (χ0) is 23.6. The van der Waals surface area contributed by atoms with Crippen molar-refractivity contribution in [3.63, 3.8) is 0 Å². The average molecular weight is 471 g/mol. The molecule has 12 heteroatoms. The highest BCUT2D eigenvalue weighted by Crippen LogP contribution is 2.31. The van der Waals surface area contributed by atoms with Crippen molar-refractivity contribution in [1.29, 1.82) is 0 Å². The Morgan fingerprint density at radius 1 is 0.906 bits per heavy atom. The number of rotatable bonds is 9. The summed E-state index contributed by atoms with van der Waals surface area (Å²) in [4.78, 5) is 35.3. The van der Waals surface area contributed by atoms with Crippen LogP contribution in [-0.4, -0.2) is 42.9 Å². The van der Waals surface area contributed by atoms with Crippen LogP contribution in [0.4, 0.5) is 18.9 Å². The second-order valence-corrected chi connectivity index (χ2v) is 7.17. The molecule has 0 saturated carbocycles. The molecule has 0 aromatic heterocycles. The Morgan fingerprint density at radius 2 is 1.56 bits per heavy atom. The highest BCUT2D eigenvalue weighted by molar-refractivity contribution is 8.00. The lowest BCUT2D eigenvalue weighted by Crippen LogP contribution is -2.44. The summed E-state index contributed by atoms with van der Waals surface area (Å²) < 4.78 is 48.0. The number of halogens is 3. The zero-order valence-corrected chi connectivity index (χ0v) is 17.6. The summed E-state index contributed by atoms with van der Waals surface area (Å²) in [6.07, 6.45) is -4.53. The van der Waals surface area contributed by atoms with E-state index in [1.807, 2.05) is 0 Å². The van der Waals surface area contributed by atoms with Crippen LogP contribution < -0.4 is 25.6 Å². The zero-order valence-electron chi connectivity index (χ0n) is 16.8. The quantitative estimate of drug-likeness (QED) is 0.486. The molecule has 2 rings (SSSR count). The van der Waals surface area contributed by atoms with Crippen LogP contribution in [0.15, 0.2) is 48.5 Å². The number of methoxy groups -OCH3 is 1. The van der Waals surface area contributed by atoms with E-state index in [2.05, 4.69) is 16.2 Å². The molecule has 0 aliphatic rings. The molecule has 0 saturated heterocycles. The van der Waals surface area contributed by atoms with Gasteiger partial charge < -0.3 is 14.8 Å². The summed E-state index contributed by atoms with van der Waals surface area (Å²) in [5.74, 6) is -1.24. The van der Waals surface area contributed by atoms with Gasteiger partial charge in [0.25, 0.3) is 5.91 Å². The molecule has 0 unspecified atom stereocenters. The summed E-state index contributed by atoms with van der Waals surface area (Å²) in [5.41, 5.74) is 3.87. The van der Waals surface area contributed by atoms with E-state index in [0.29, 0.717) is 11.4 Å². The van der Waals surface area contributed by atoms with E-state index in [1.165, 1.54) is 13.2 Å². The Kier molecular flexibility index (Phi) is 9.20. The van der Waals surface area contributed by atoms with E-state index in [1.54, 1.807) is 24.3 Å². The third kappa shape index (κ3) is 8.76. The van der Waals surface area contributed by atoms with Crippen LogP contribution in [0.5, 0.6) is 11.5 Å². The van der Waals surface area contributed by atoms with E-state index in [4.69, 9.17) is 9.47 Å². The minimum Gasteiger partial charge on any atom is -0.497 e. The van der Waals surface area contributed by atoms with Crippen LogP contribution >= 0.6 is 11.8 Å². The Morgan fingerprint density at radius 3 is 2.22 bits per heavy atom. The van der Waals surface area contributed by atoms with Crippen LogP contribution in [0.2, 0.25) is 0 Å². The maximum absolute atomic E-state index is 12.7. The molecule has 0 aliphatic heterocycles. The maximum Gasteiger partial charge on any atom is 0.416 e. The Hall–Kier alpha value is -3.41. The second-order valence-electron chi connectivity index (χ2n) is 6.18. The highest BCUT2D eigenvalue weighted by Gasteiger charge is 2.30. The lowest BCUT2D eigenvalue weighted by Gasteiger charge is -2.11. The number of nitrogens with one attached hydrogen (secondary N) is 3. The number of amides is 3. The number of alkyl halides is 3. The van der Waals surface area contributed by atoms with Crippen molar-refractivity contribution >= 4 is 35.2 Å². The summed E-state index contributed by atoms with van der Waals surface area (Å²) in [6.45, 7) is -0.598. The van der Waals surface area contributed by atoms with Crippen LogP contribution in [0.3, 0.4) is 0 Å². The molecule has 0 radical (unpaired) electrons. The molecule has 2 aromatic carbocycles. The first-order valence-corrected chi connectivity index (χ1v) is 10.2. The Bertz CT molecular complexity index is 939. The van der Waals surface area contributed by atoms with Gasteiger partial charge in [-0.3, -0.25) is 25.2 Å². The molecule has 0 atom stereocenters. The molecular formula is C20H20F3N3O5S. The van der Waals surface area contributed by atoms with Gasteiger partial charge in [0, 0.05) is 5.69 Å². The number of hydrogen-bond acceptors (Lipinski definition) is 6. The van der Waals surface area contributed by atoms with Gasteiger partial charge in [-0.2, -0.15) is 13.2 Å². The third-order valence-corrected chi connectivity index (χ3v) is 4.65. The standard InChI is InChI=1S/C20H20F3N3O5S/c1-30-15-7-5-14(6-8-15)24-18(28)11-32-12-19(29)26-25-17(27)10-31-16-4-2-3-13(9-16)20(21,22)23/h2-9H,10-12H2,1H3,(H,24,28)(H,25,27)(H,26,29). The van der Waals surface area contributed by atoms with Crippen LogP contribution in [-0.2, 0) is 20.6 Å². The van der Waals surface area contributed by atoms with Gasteiger partial charge >= 0.3 is 6.18 Å². The number of hydrogen-bond donors (Lipinski definition) is 3. The molecule has 3 amide bonds. The first-order valence-electron chi connectivity index (χ1n) is 9.07. The van der Waals surface area contributed by atoms with Gasteiger partial charge in [-0.05, 0) is 42.5 Å². The molecule has 32 heavy (non-hydrogen) atoms. The number of hydrazine groups is 1. The van der Waals surface area contributed by atoms with Crippen molar-refractivity contribution in [3.8, 4) is 11.5 Å². The minimum atomic E-state index is -4.53. The van der Waals surface area contributed by atoms with Gasteiger partial charge in [-0.1, -0.05) is 6.07 Å². The molecular weight excluding hydrogens is 451 g/mol. The fourth-order valence-corrected chi connectivity index (χ4v) is 2.85. The smallest absolute Gasteiger partial charge is 0.416 e. The largest absolute Gasteiger partial charge is 0.497 e. The first kappa shape index (κ1) is 24.9. The minimum absolute atomic E-state index is 0.00600. The average Bonchev–Trinajstić information content (AvgIpc) is 2.76. The second kappa shape index (κ2) is 11.8. The van der Waals surface area contributed by atoms with Crippen LogP contribution in [0.25, 0.3) is 0 Å². The number of ether oxygens (including phenoxy) is 2. The first-order chi connectivity index (χ1) is 15.2. The van der Waals surface area contributed by atoms with E-state index in [-0.39, 0.29) is 23.2 Å². The number of thioether (sulfide) groups is 1. The summed E-state index contributed by atoms with van der Waals surface area (Å²) >= 11 is 1.02. The summed E-state index contributed by atoms with van der Waals surface area (Å²) in [6, 6.07) is 10.8. The number of carbonyl (C=O) groups excluding carboxylic acids is 3. The van der Waals surface area contributed by atoms with E-state index < -0.39 is 30.2 Å². The Labute approximate surface area is 185 Å². The van der Waals surface area contributed by atoms with E-state index in [9.17, 15) is 27.6 Å². The van der Waals surface area contributed by atoms with Crippen molar-refractivity contribution in [2.45, 2.75) is 6.18 Å². The molecule has 0 bridgehead atoms. The number of benzene rings is 2. The van der Waals surface area contributed by atoms with Crippen molar-refractivity contribution in [1.82, 2.24) is 10.9 Å². The predicted octanol–water partition coefficient (Wildman–Crippen LogP) is 2.61. The molecule has 0 aliphatic carbocycles. The van der Waals surface area contributed by atoms with Crippen molar-refractivity contribution < 1.29 is 37.0 Å². The van der Waals surface area contributed by atoms with Crippen molar-refractivity contribution in [3.05, 3.63) is 54.1 Å². The molecule has 8 nitrogen and oxygen atoms in total. The third-order valence-electron chi connectivity index (χ3n) is 3.71. The summed E-state index contributed by atoms with van der Waals surface area (Å²) in [7, 11) is 1.53. The van der Waals surface area contributed by atoms with Crippen molar-refractivity contribution in [2.24, 2.45) is 0 Å². The molecule has 2 aromatic rings. The fourth-order valence-electron chi connectivity index (χ4n) is 2.23. The normalized spacial score (nSPS) is 10.8. The molecule has 172 valence electrons. The van der Waals surface area contributed by atoms with Gasteiger partial charge in [0.1, 0.15) is 11.5 Å². The molecule has 0 fully saturated rings. The molecule has 0 heterocycles. The SMILES string of the molecule is COc1ccc(NC(=O)CSCC(=O)NNC(=O)COc2cccc(C(F)(F)F)c2)cc1. The monoisotopic (exact) mass is 471 g/mol. The molecule has 0 spiro atoms. The molecule has 3 N–H and O–H groups in total. The van der Waals surface area contributed by atoms with E-state index in [0.717, 1.165) is 30.0 Å². The fraction of sp³-hybridized carbons (Fsp3) is 0.250. The maximum atomic E-state index is 12.7. The topological polar surface area (TPSA) is 106 Å². The van der Waals surface area contributed by atoms with Gasteiger partial charge in [0.15, 0.2) is 6.61 Å². The lowest BCUT2D eigenvalue weighted by atomic mass is 10.2.